The molecule has 0 aliphatic heterocycles. The largest absolute Gasteiger partial charge is 0.491 e. The van der Waals surface area contributed by atoms with Crippen LogP contribution < -0.4 is 16.2 Å². The maximum atomic E-state index is 10.7. The van der Waals surface area contributed by atoms with E-state index in [2.05, 4.69) is 0 Å². The predicted octanol–water partition coefficient (Wildman–Crippen LogP) is -0.587. The summed E-state index contributed by atoms with van der Waals surface area (Å²) >= 11 is 0. The number of hydrogen-bond acceptors (Lipinski definition) is 4. The number of para-hydroxylation sites is 1. The van der Waals surface area contributed by atoms with Crippen molar-refractivity contribution in [2.45, 2.75) is 12.5 Å². The minimum atomic E-state index is -0.817. The SMILES string of the molecule is NC(=O)C(N)COc1ccccc1CCO. The van der Waals surface area contributed by atoms with E-state index in [4.69, 9.17) is 21.3 Å². The molecule has 0 spiro atoms. The number of carbonyl (C=O) groups is 1. The van der Waals surface area contributed by atoms with Crippen LogP contribution in [0.25, 0.3) is 0 Å². The van der Waals surface area contributed by atoms with E-state index in [-0.39, 0.29) is 13.2 Å². The zero-order valence-electron chi connectivity index (χ0n) is 8.93. The summed E-state index contributed by atoms with van der Waals surface area (Å²) < 4.78 is 5.38. The highest BCUT2D eigenvalue weighted by Gasteiger charge is 2.11. The molecule has 1 atom stereocenters. The Morgan fingerprint density at radius 2 is 2.12 bits per heavy atom. The van der Waals surface area contributed by atoms with E-state index >= 15 is 0 Å². The Kier molecular flexibility index (Phi) is 4.75. The van der Waals surface area contributed by atoms with Crippen molar-refractivity contribution in [3.8, 4) is 5.75 Å². The van der Waals surface area contributed by atoms with Crippen molar-refractivity contribution in [3.05, 3.63) is 29.8 Å². The van der Waals surface area contributed by atoms with Gasteiger partial charge >= 0.3 is 0 Å². The van der Waals surface area contributed by atoms with Crippen molar-refractivity contribution >= 4 is 5.91 Å². The first-order chi connectivity index (χ1) is 7.65. The van der Waals surface area contributed by atoms with Crippen molar-refractivity contribution in [1.82, 2.24) is 0 Å². The fraction of sp³-hybridized carbons (Fsp3) is 0.364. The molecular formula is C11H16N2O3. The lowest BCUT2D eigenvalue weighted by Crippen LogP contribution is -2.41. The van der Waals surface area contributed by atoms with Gasteiger partial charge in [0.2, 0.25) is 5.91 Å². The van der Waals surface area contributed by atoms with Crippen LogP contribution in [-0.4, -0.2) is 30.3 Å². The van der Waals surface area contributed by atoms with Crippen LogP contribution in [0, 0.1) is 0 Å². The molecule has 0 saturated carbocycles. The van der Waals surface area contributed by atoms with Crippen LogP contribution in [0.1, 0.15) is 5.56 Å². The standard InChI is InChI=1S/C11H16N2O3/c12-9(11(13)15)7-16-10-4-2-1-3-8(10)5-6-14/h1-4,9,14H,5-7,12H2,(H2,13,15). The van der Waals surface area contributed by atoms with Gasteiger partial charge in [0, 0.05) is 6.61 Å². The molecule has 88 valence electrons. The van der Waals surface area contributed by atoms with E-state index in [9.17, 15) is 4.79 Å². The molecule has 0 radical (unpaired) electrons. The molecule has 5 heteroatoms. The van der Waals surface area contributed by atoms with Crippen LogP contribution >= 0.6 is 0 Å². The topological polar surface area (TPSA) is 98.6 Å². The van der Waals surface area contributed by atoms with E-state index in [1.165, 1.54) is 0 Å². The Balaban J connectivity index is 2.62. The molecule has 1 aromatic carbocycles. The molecule has 0 aliphatic rings. The number of ether oxygens (including phenoxy) is 1. The van der Waals surface area contributed by atoms with E-state index in [1.54, 1.807) is 6.07 Å². The Morgan fingerprint density at radius 3 is 2.75 bits per heavy atom. The minimum absolute atomic E-state index is 0.0395. The maximum absolute atomic E-state index is 10.7. The molecule has 0 bridgehead atoms. The first kappa shape index (κ1) is 12.5. The summed E-state index contributed by atoms with van der Waals surface area (Å²) in [5, 5.41) is 8.86. The number of carbonyl (C=O) groups excluding carboxylic acids is 1. The van der Waals surface area contributed by atoms with Gasteiger partial charge in [-0.05, 0) is 18.1 Å². The number of rotatable bonds is 6. The van der Waals surface area contributed by atoms with Gasteiger partial charge in [0.15, 0.2) is 0 Å². The lowest BCUT2D eigenvalue weighted by atomic mass is 10.1. The normalized spacial score (nSPS) is 12.1. The van der Waals surface area contributed by atoms with Crippen LogP contribution in [0.4, 0.5) is 0 Å². The molecule has 0 fully saturated rings. The van der Waals surface area contributed by atoms with Gasteiger partial charge in [-0.3, -0.25) is 4.79 Å². The molecule has 5 nitrogen and oxygen atoms in total. The van der Waals surface area contributed by atoms with Crippen molar-refractivity contribution in [2.24, 2.45) is 11.5 Å². The molecule has 0 heterocycles. The van der Waals surface area contributed by atoms with Gasteiger partial charge in [0.1, 0.15) is 18.4 Å². The third-order valence-corrected chi connectivity index (χ3v) is 2.14. The second kappa shape index (κ2) is 6.09. The second-order valence-corrected chi connectivity index (χ2v) is 3.40. The van der Waals surface area contributed by atoms with Gasteiger partial charge in [-0.1, -0.05) is 18.2 Å². The molecule has 0 aromatic heterocycles. The van der Waals surface area contributed by atoms with Crippen molar-refractivity contribution in [2.75, 3.05) is 13.2 Å². The molecular weight excluding hydrogens is 208 g/mol. The van der Waals surface area contributed by atoms with E-state index in [0.717, 1.165) is 5.56 Å². The molecule has 1 amide bonds. The molecule has 5 N–H and O–H groups in total. The van der Waals surface area contributed by atoms with Gasteiger partial charge in [0.25, 0.3) is 0 Å². The van der Waals surface area contributed by atoms with Crippen LogP contribution in [0.5, 0.6) is 5.75 Å². The third kappa shape index (κ3) is 3.52. The number of hydrogen-bond donors (Lipinski definition) is 3. The molecule has 1 unspecified atom stereocenters. The van der Waals surface area contributed by atoms with Crippen molar-refractivity contribution < 1.29 is 14.6 Å². The fourth-order valence-corrected chi connectivity index (χ4v) is 1.23. The number of nitrogens with two attached hydrogens (primary N) is 2. The van der Waals surface area contributed by atoms with Crippen LogP contribution in [-0.2, 0) is 11.2 Å². The quantitative estimate of drug-likeness (QED) is 0.601. The van der Waals surface area contributed by atoms with Crippen LogP contribution in [0.3, 0.4) is 0 Å². The predicted molar refractivity (Wildman–Crippen MR) is 59.9 cm³/mol. The average Bonchev–Trinajstić information content (AvgIpc) is 2.27. The number of benzene rings is 1. The zero-order valence-corrected chi connectivity index (χ0v) is 8.93. The Hall–Kier alpha value is -1.59. The van der Waals surface area contributed by atoms with E-state index in [0.29, 0.717) is 12.2 Å². The summed E-state index contributed by atoms with van der Waals surface area (Å²) in [5.74, 6) is 0.0212. The number of primary amides is 1. The van der Waals surface area contributed by atoms with Gasteiger partial charge < -0.3 is 21.3 Å². The first-order valence-corrected chi connectivity index (χ1v) is 5.01. The highest BCUT2D eigenvalue weighted by atomic mass is 16.5. The van der Waals surface area contributed by atoms with Gasteiger partial charge in [-0.15, -0.1) is 0 Å². The second-order valence-electron chi connectivity index (χ2n) is 3.40. The fourth-order valence-electron chi connectivity index (χ4n) is 1.23. The van der Waals surface area contributed by atoms with Crippen molar-refractivity contribution in [3.63, 3.8) is 0 Å². The van der Waals surface area contributed by atoms with Crippen LogP contribution in [0.2, 0.25) is 0 Å². The molecule has 16 heavy (non-hydrogen) atoms. The Bertz CT molecular complexity index is 355. The third-order valence-electron chi connectivity index (χ3n) is 2.14. The smallest absolute Gasteiger partial charge is 0.237 e. The summed E-state index contributed by atoms with van der Waals surface area (Å²) in [6, 6.07) is 6.46. The Labute approximate surface area is 94.0 Å². The zero-order chi connectivity index (χ0) is 12.0. The Morgan fingerprint density at radius 1 is 1.44 bits per heavy atom. The minimum Gasteiger partial charge on any atom is -0.491 e. The summed E-state index contributed by atoms with van der Waals surface area (Å²) in [6.07, 6.45) is 0.502. The molecule has 1 aromatic rings. The number of aliphatic hydroxyl groups excluding tert-OH is 1. The molecule has 0 aliphatic carbocycles. The summed E-state index contributed by atoms with van der Waals surface area (Å²) in [4.78, 5) is 10.7. The molecule has 1 rings (SSSR count). The van der Waals surface area contributed by atoms with Gasteiger partial charge in [-0.25, -0.2) is 0 Å². The summed E-state index contributed by atoms with van der Waals surface area (Å²) in [7, 11) is 0. The number of aliphatic hydroxyl groups is 1. The highest BCUT2D eigenvalue weighted by Crippen LogP contribution is 2.18. The monoisotopic (exact) mass is 224 g/mol. The maximum Gasteiger partial charge on any atom is 0.237 e. The highest BCUT2D eigenvalue weighted by molar-refractivity contribution is 5.79. The van der Waals surface area contributed by atoms with Gasteiger partial charge in [0.05, 0.1) is 0 Å². The lowest BCUT2D eigenvalue weighted by molar-refractivity contribution is -0.119. The summed E-state index contributed by atoms with van der Waals surface area (Å²) in [6.45, 7) is 0.0834. The molecule has 0 saturated heterocycles. The van der Waals surface area contributed by atoms with Gasteiger partial charge in [-0.2, -0.15) is 0 Å². The lowest BCUT2D eigenvalue weighted by Gasteiger charge is -2.13. The van der Waals surface area contributed by atoms with Crippen molar-refractivity contribution in [1.29, 1.82) is 0 Å². The number of amides is 1. The first-order valence-electron chi connectivity index (χ1n) is 5.01. The summed E-state index contributed by atoms with van der Waals surface area (Å²) in [5.41, 5.74) is 11.3. The van der Waals surface area contributed by atoms with E-state index < -0.39 is 11.9 Å². The van der Waals surface area contributed by atoms with Crippen LogP contribution in [0.15, 0.2) is 24.3 Å². The average molecular weight is 224 g/mol. The van der Waals surface area contributed by atoms with E-state index in [1.807, 2.05) is 18.2 Å².